The molecular formula is C14H22ClN3O2S. The highest BCUT2D eigenvalue weighted by Crippen LogP contribution is 2.26. The number of halogens is 1. The maximum Gasteiger partial charge on any atom is 0.413 e. The Morgan fingerprint density at radius 1 is 1.52 bits per heavy atom. The molecule has 1 aromatic rings. The Labute approximate surface area is 134 Å². The Morgan fingerprint density at radius 2 is 2.24 bits per heavy atom. The molecule has 0 spiro atoms. The van der Waals surface area contributed by atoms with Crippen molar-refractivity contribution in [2.24, 2.45) is 5.92 Å². The largest absolute Gasteiger partial charge is 0.448 e. The highest BCUT2D eigenvalue weighted by molar-refractivity contribution is 7.15. The Balaban J connectivity index is 1.88. The number of nitrogens with zero attached hydrogens (tertiary/aromatic N) is 2. The molecule has 0 unspecified atom stereocenters. The van der Waals surface area contributed by atoms with Crippen molar-refractivity contribution in [3.63, 3.8) is 0 Å². The van der Waals surface area contributed by atoms with Crippen molar-refractivity contribution in [2.75, 3.05) is 30.9 Å². The zero-order valence-electron chi connectivity index (χ0n) is 12.5. The molecule has 1 amide bonds. The van der Waals surface area contributed by atoms with Gasteiger partial charge in [-0.25, -0.2) is 9.78 Å². The van der Waals surface area contributed by atoms with Crippen LogP contribution in [-0.2, 0) is 11.3 Å². The van der Waals surface area contributed by atoms with E-state index in [-0.39, 0.29) is 6.61 Å². The van der Waals surface area contributed by atoms with Crippen molar-refractivity contribution < 1.29 is 9.53 Å². The minimum atomic E-state index is -0.497. The van der Waals surface area contributed by atoms with Crippen LogP contribution in [0.5, 0.6) is 0 Å². The lowest BCUT2D eigenvalue weighted by molar-refractivity contribution is 0.168. The Bertz CT molecular complexity index is 473. The number of anilines is 1. The maximum atomic E-state index is 11.5. The molecule has 0 radical (unpaired) electrons. The summed E-state index contributed by atoms with van der Waals surface area (Å²) in [4.78, 5) is 19.5. The number of amides is 1. The molecule has 21 heavy (non-hydrogen) atoms. The van der Waals surface area contributed by atoms with E-state index in [2.05, 4.69) is 22.1 Å². The molecule has 5 nitrogen and oxygen atoms in total. The number of rotatable bonds is 5. The van der Waals surface area contributed by atoms with Crippen molar-refractivity contribution in [2.45, 2.75) is 33.2 Å². The van der Waals surface area contributed by atoms with Crippen LogP contribution in [0, 0.1) is 12.8 Å². The smallest absolute Gasteiger partial charge is 0.413 e. The molecule has 1 aliphatic rings. The summed E-state index contributed by atoms with van der Waals surface area (Å²) in [5, 5.41) is 3.24. The van der Waals surface area contributed by atoms with Crippen LogP contribution in [0.15, 0.2) is 0 Å². The average molecular weight is 332 g/mol. The number of alkyl halides is 1. The lowest BCUT2D eigenvalue weighted by atomic mass is 9.99. The summed E-state index contributed by atoms with van der Waals surface area (Å²) in [6.45, 7) is 7.68. The first kappa shape index (κ1) is 16.5. The van der Waals surface area contributed by atoms with Gasteiger partial charge in [-0.15, -0.1) is 11.6 Å². The summed E-state index contributed by atoms with van der Waals surface area (Å²) >= 11 is 6.99. The topological polar surface area (TPSA) is 54.5 Å². The third kappa shape index (κ3) is 5.13. The molecule has 0 atom stereocenters. The number of ether oxygens (including phenoxy) is 1. The lowest BCUT2D eigenvalue weighted by Gasteiger charge is -2.29. The first-order chi connectivity index (χ1) is 10.1. The van der Waals surface area contributed by atoms with E-state index >= 15 is 0 Å². The molecular weight excluding hydrogens is 310 g/mol. The summed E-state index contributed by atoms with van der Waals surface area (Å²) in [5.74, 6) is 1.13. The second kappa shape index (κ2) is 7.96. The zero-order valence-corrected chi connectivity index (χ0v) is 14.1. The maximum absolute atomic E-state index is 11.5. The van der Waals surface area contributed by atoms with Crippen LogP contribution in [-0.4, -0.2) is 41.6 Å². The zero-order chi connectivity index (χ0) is 15.2. The van der Waals surface area contributed by atoms with Gasteiger partial charge in [-0.2, -0.15) is 0 Å². The van der Waals surface area contributed by atoms with Crippen LogP contribution < -0.4 is 5.32 Å². The summed E-state index contributed by atoms with van der Waals surface area (Å²) in [6, 6.07) is 0. The third-order valence-corrected chi connectivity index (χ3v) is 4.87. The minimum Gasteiger partial charge on any atom is -0.448 e. The van der Waals surface area contributed by atoms with Crippen molar-refractivity contribution >= 4 is 34.2 Å². The van der Waals surface area contributed by atoms with Crippen LogP contribution >= 0.6 is 22.9 Å². The molecule has 1 saturated heterocycles. The van der Waals surface area contributed by atoms with Crippen LogP contribution in [0.2, 0.25) is 0 Å². The summed E-state index contributed by atoms with van der Waals surface area (Å²) in [6.07, 6.45) is 2.02. The van der Waals surface area contributed by atoms with Gasteiger partial charge >= 0.3 is 6.09 Å². The Morgan fingerprint density at radius 3 is 2.90 bits per heavy atom. The number of aromatic nitrogens is 1. The highest BCUT2D eigenvalue weighted by Gasteiger charge is 2.18. The average Bonchev–Trinajstić information content (AvgIpc) is 2.79. The number of aryl methyl sites for hydroxylation is 1. The lowest BCUT2D eigenvalue weighted by Crippen LogP contribution is -2.32. The third-order valence-electron chi connectivity index (χ3n) is 3.66. The predicted molar refractivity (Wildman–Crippen MR) is 86.2 cm³/mol. The van der Waals surface area contributed by atoms with Crippen LogP contribution in [0.1, 0.15) is 30.3 Å². The second-order valence-electron chi connectivity index (χ2n) is 5.44. The molecule has 1 aromatic heterocycles. The summed E-state index contributed by atoms with van der Waals surface area (Å²) < 4.78 is 4.88. The standard InChI is InChI=1S/C14H22ClN3O2S/c1-10-3-6-18(7-4-10)9-12-11(2)16-13(21-12)17-14(19)20-8-5-15/h10H,3-9H2,1-2H3,(H,16,17,19). The molecule has 118 valence electrons. The predicted octanol–water partition coefficient (Wildman–Crippen LogP) is 3.47. The number of likely N-dealkylation sites (tertiary alicyclic amines) is 1. The van der Waals surface area contributed by atoms with Gasteiger partial charge in [0, 0.05) is 11.4 Å². The number of carbonyl (C=O) groups excluding carboxylic acids is 1. The van der Waals surface area contributed by atoms with Crippen molar-refractivity contribution in [3.8, 4) is 0 Å². The highest BCUT2D eigenvalue weighted by atomic mass is 35.5. The molecule has 1 fully saturated rings. The van der Waals surface area contributed by atoms with E-state index in [4.69, 9.17) is 16.3 Å². The number of nitrogens with one attached hydrogen (secondary N) is 1. The van der Waals surface area contributed by atoms with Gasteiger partial charge < -0.3 is 4.74 Å². The Kier molecular flexibility index (Phi) is 6.26. The molecule has 0 aliphatic carbocycles. The normalized spacial score (nSPS) is 16.9. The fourth-order valence-corrected chi connectivity index (χ4v) is 3.37. The fraction of sp³-hybridized carbons (Fsp3) is 0.714. The first-order valence-corrected chi connectivity index (χ1v) is 8.62. The fourth-order valence-electron chi connectivity index (χ4n) is 2.31. The van der Waals surface area contributed by atoms with E-state index in [1.54, 1.807) is 0 Å². The van der Waals surface area contributed by atoms with Gasteiger partial charge in [0.05, 0.1) is 11.6 Å². The van der Waals surface area contributed by atoms with Gasteiger partial charge in [0.25, 0.3) is 0 Å². The number of thiazole rings is 1. The summed E-state index contributed by atoms with van der Waals surface area (Å²) in [5.41, 5.74) is 0.978. The van der Waals surface area contributed by atoms with Gasteiger partial charge in [-0.05, 0) is 38.8 Å². The number of piperidine rings is 1. The quantitative estimate of drug-likeness (QED) is 0.839. The van der Waals surface area contributed by atoms with E-state index < -0.39 is 6.09 Å². The molecule has 0 bridgehead atoms. The van der Waals surface area contributed by atoms with Crippen LogP contribution in [0.4, 0.5) is 9.93 Å². The van der Waals surface area contributed by atoms with Gasteiger partial charge in [0.1, 0.15) is 6.61 Å². The van der Waals surface area contributed by atoms with Crippen molar-refractivity contribution in [3.05, 3.63) is 10.6 Å². The molecule has 0 aromatic carbocycles. The van der Waals surface area contributed by atoms with Crippen molar-refractivity contribution in [1.29, 1.82) is 0 Å². The number of hydrogen-bond donors (Lipinski definition) is 1. The van der Waals surface area contributed by atoms with Gasteiger partial charge in [-0.1, -0.05) is 18.3 Å². The number of carbonyl (C=O) groups is 1. The van der Waals surface area contributed by atoms with Gasteiger partial charge in [-0.3, -0.25) is 10.2 Å². The monoisotopic (exact) mass is 331 g/mol. The molecule has 2 rings (SSSR count). The van der Waals surface area contributed by atoms with E-state index in [0.717, 1.165) is 31.2 Å². The van der Waals surface area contributed by atoms with E-state index in [1.807, 2.05) is 6.92 Å². The van der Waals surface area contributed by atoms with E-state index in [9.17, 15) is 4.79 Å². The molecule has 7 heteroatoms. The summed E-state index contributed by atoms with van der Waals surface area (Å²) in [7, 11) is 0. The van der Waals surface area contributed by atoms with E-state index in [1.165, 1.54) is 29.1 Å². The van der Waals surface area contributed by atoms with E-state index in [0.29, 0.717) is 11.0 Å². The van der Waals surface area contributed by atoms with Crippen molar-refractivity contribution in [1.82, 2.24) is 9.88 Å². The molecule has 2 heterocycles. The SMILES string of the molecule is Cc1nc(NC(=O)OCCCl)sc1CN1CCC(C)CC1. The van der Waals surface area contributed by atoms with Gasteiger partial charge in [0.2, 0.25) is 0 Å². The minimum absolute atomic E-state index is 0.205. The second-order valence-corrected chi connectivity index (χ2v) is 6.90. The molecule has 1 N–H and O–H groups in total. The Hall–Kier alpha value is -0.850. The first-order valence-electron chi connectivity index (χ1n) is 7.27. The van der Waals surface area contributed by atoms with Crippen LogP contribution in [0.25, 0.3) is 0 Å². The molecule has 0 saturated carbocycles. The van der Waals surface area contributed by atoms with Gasteiger partial charge in [0.15, 0.2) is 5.13 Å². The molecule has 1 aliphatic heterocycles. The number of hydrogen-bond acceptors (Lipinski definition) is 5. The van der Waals surface area contributed by atoms with Crippen LogP contribution in [0.3, 0.4) is 0 Å².